The lowest BCUT2D eigenvalue weighted by molar-refractivity contribution is 0.472. The summed E-state index contributed by atoms with van der Waals surface area (Å²) in [5, 5.41) is 19.1. The number of hydrogen-bond acceptors (Lipinski definition) is 3. The summed E-state index contributed by atoms with van der Waals surface area (Å²) in [7, 11) is 0. The molecule has 0 spiro atoms. The fourth-order valence-corrected chi connectivity index (χ4v) is 1.54. The van der Waals surface area contributed by atoms with Crippen LogP contribution >= 0.6 is 11.6 Å². The van der Waals surface area contributed by atoms with Crippen molar-refractivity contribution in [2.24, 2.45) is 0 Å². The average molecular weight is 222 g/mol. The predicted octanol–water partition coefficient (Wildman–Crippen LogP) is 2.81. The van der Waals surface area contributed by atoms with Gasteiger partial charge >= 0.3 is 0 Å². The van der Waals surface area contributed by atoms with Crippen molar-refractivity contribution in [2.45, 2.75) is 0 Å². The predicted molar refractivity (Wildman–Crippen MR) is 58.0 cm³/mol. The van der Waals surface area contributed by atoms with Crippen LogP contribution in [0, 0.1) is 0 Å². The van der Waals surface area contributed by atoms with Crippen LogP contribution in [0.4, 0.5) is 0 Å². The van der Waals surface area contributed by atoms with Crippen molar-refractivity contribution in [1.82, 2.24) is 4.98 Å². The van der Waals surface area contributed by atoms with Gasteiger partial charge in [0.05, 0.1) is 6.20 Å². The lowest BCUT2D eigenvalue weighted by atomic mass is 10.1. The van der Waals surface area contributed by atoms with E-state index >= 15 is 0 Å². The Morgan fingerprint density at radius 1 is 1.00 bits per heavy atom. The van der Waals surface area contributed by atoms with E-state index in [1.807, 2.05) is 0 Å². The van der Waals surface area contributed by atoms with Gasteiger partial charge in [0.25, 0.3) is 0 Å². The highest BCUT2D eigenvalue weighted by molar-refractivity contribution is 6.33. The monoisotopic (exact) mass is 221 g/mol. The molecule has 0 atom stereocenters. The van der Waals surface area contributed by atoms with E-state index in [4.69, 9.17) is 11.6 Å². The van der Waals surface area contributed by atoms with Crippen molar-refractivity contribution in [3.8, 4) is 22.6 Å². The lowest BCUT2D eigenvalue weighted by Crippen LogP contribution is -1.81. The van der Waals surface area contributed by atoms with Gasteiger partial charge in [-0.05, 0) is 24.3 Å². The van der Waals surface area contributed by atoms with Crippen molar-refractivity contribution in [2.75, 3.05) is 0 Å². The van der Waals surface area contributed by atoms with Gasteiger partial charge in [-0.15, -0.1) is 0 Å². The van der Waals surface area contributed by atoms with Crippen molar-refractivity contribution >= 4 is 11.6 Å². The number of aromatic nitrogens is 1. The highest BCUT2D eigenvalue weighted by Crippen LogP contribution is 2.31. The van der Waals surface area contributed by atoms with Crippen LogP contribution in [0.1, 0.15) is 0 Å². The van der Waals surface area contributed by atoms with Crippen LogP contribution in [-0.4, -0.2) is 15.2 Å². The average Bonchev–Trinajstić information content (AvgIpc) is 2.22. The van der Waals surface area contributed by atoms with Crippen LogP contribution in [-0.2, 0) is 0 Å². The quantitative estimate of drug-likeness (QED) is 0.779. The molecule has 0 bridgehead atoms. The Kier molecular flexibility index (Phi) is 2.47. The molecule has 1 heterocycles. The first-order valence-corrected chi connectivity index (χ1v) is 4.67. The molecular formula is C11H8ClNO2. The second kappa shape index (κ2) is 3.79. The topological polar surface area (TPSA) is 53.4 Å². The number of nitrogens with zero attached hydrogens (tertiary/aromatic N) is 1. The molecule has 0 unspecified atom stereocenters. The molecule has 2 rings (SSSR count). The molecule has 1 aromatic heterocycles. The van der Waals surface area contributed by atoms with Gasteiger partial charge in [-0.3, -0.25) is 4.98 Å². The van der Waals surface area contributed by atoms with E-state index < -0.39 is 0 Å². The standard InChI is InChI=1S/C11H8ClNO2/c12-11-2-1-8(14)4-10(11)7-3-9(15)6-13-5-7/h1-6,14-15H. The van der Waals surface area contributed by atoms with Crippen molar-refractivity contribution in [1.29, 1.82) is 0 Å². The second-order valence-corrected chi connectivity index (χ2v) is 3.50. The van der Waals surface area contributed by atoms with E-state index in [1.165, 1.54) is 24.4 Å². The van der Waals surface area contributed by atoms with Crippen molar-refractivity contribution in [3.63, 3.8) is 0 Å². The number of rotatable bonds is 1. The van der Waals surface area contributed by atoms with Gasteiger partial charge in [-0.25, -0.2) is 0 Å². The zero-order valence-corrected chi connectivity index (χ0v) is 8.44. The van der Waals surface area contributed by atoms with E-state index in [9.17, 15) is 10.2 Å². The summed E-state index contributed by atoms with van der Waals surface area (Å²) in [5.41, 5.74) is 1.30. The summed E-state index contributed by atoms with van der Waals surface area (Å²) >= 11 is 5.96. The van der Waals surface area contributed by atoms with Gasteiger partial charge in [0.15, 0.2) is 0 Å². The lowest BCUT2D eigenvalue weighted by Gasteiger charge is -2.04. The van der Waals surface area contributed by atoms with Crippen LogP contribution in [0.15, 0.2) is 36.7 Å². The van der Waals surface area contributed by atoms with Crippen LogP contribution in [0.2, 0.25) is 5.02 Å². The molecule has 2 N–H and O–H groups in total. The molecule has 0 aliphatic heterocycles. The Hall–Kier alpha value is -1.74. The molecule has 0 amide bonds. The molecule has 0 aliphatic carbocycles. The summed E-state index contributed by atoms with van der Waals surface area (Å²) in [6.07, 6.45) is 2.90. The third kappa shape index (κ3) is 2.02. The van der Waals surface area contributed by atoms with E-state index in [-0.39, 0.29) is 11.5 Å². The SMILES string of the molecule is Oc1cncc(-c2cc(O)ccc2Cl)c1. The molecular weight excluding hydrogens is 214 g/mol. The van der Waals surface area contributed by atoms with E-state index in [2.05, 4.69) is 4.98 Å². The Bertz CT molecular complexity index is 500. The van der Waals surface area contributed by atoms with Gasteiger partial charge in [0.1, 0.15) is 11.5 Å². The first kappa shape index (κ1) is 9.80. The van der Waals surface area contributed by atoms with Crippen LogP contribution in [0.25, 0.3) is 11.1 Å². The number of aromatic hydroxyl groups is 2. The van der Waals surface area contributed by atoms with Gasteiger partial charge in [0.2, 0.25) is 0 Å². The fourth-order valence-electron chi connectivity index (χ4n) is 1.31. The first-order valence-electron chi connectivity index (χ1n) is 4.30. The maximum atomic E-state index is 9.33. The van der Waals surface area contributed by atoms with Crippen LogP contribution < -0.4 is 0 Å². The third-order valence-corrected chi connectivity index (χ3v) is 2.31. The number of halogens is 1. The minimum Gasteiger partial charge on any atom is -0.508 e. The van der Waals surface area contributed by atoms with Gasteiger partial charge in [0, 0.05) is 22.3 Å². The number of pyridine rings is 1. The summed E-state index contributed by atoms with van der Waals surface area (Å²) < 4.78 is 0. The highest BCUT2D eigenvalue weighted by atomic mass is 35.5. The number of phenols is 1. The first-order chi connectivity index (χ1) is 7.16. The fraction of sp³-hybridized carbons (Fsp3) is 0. The highest BCUT2D eigenvalue weighted by Gasteiger charge is 2.05. The van der Waals surface area contributed by atoms with Crippen molar-refractivity contribution < 1.29 is 10.2 Å². The largest absolute Gasteiger partial charge is 0.508 e. The maximum Gasteiger partial charge on any atom is 0.134 e. The molecule has 15 heavy (non-hydrogen) atoms. The molecule has 0 fully saturated rings. The van der Waals surface area contributed by atoms with Gasteiger partial charge in [-0.2, -0.15) is 0 Å². The molecule has 4 heteroatoms. The molecule has 0 aliphatic rings. The van der Waals surface area contributed by atoms with Crippen molar-refractivity contribution in [3.05, 3.63) is 41.7 Å². The summed E-state index contributed by atoms with van der Waals surface area (Å²) in [6.45, 7) is 0. The maximum absolute atomic E-state index is 9.33. The zero-order chi connectivity index (χ0) is 10.8. The van der Waals surface area contributed by atoms with Crippen LogP contribution in [0.3, 0.4) is 0 Å². The molecule has 0 radical (unpaired) electrons. The Labute approximate surface area is 91.6 Å². The summed E-state index contributed by atoms with van der Waals surface area (Å²) in [4.78, 5) is 3.84. The third-order valence-electron chi connectivity index (χ3n) is 1.98. The summed E-state index contributed by atoms with van der Waals surface area (Å²) in [6, 6.07) is 6.16. The Morgan fingerprint density at radius 3 is 2.53 bits per heavy atom. The normalized spacial score (nSPS) is 10.2. The summed E-state index contributed by atoms with van der Waals surface area (Å²) in [5.74, 6) is 0.185. The van der Waals surface area contributed by atoms with E-state index in [1.54, 1.807) is 12.3 Å². The molecule has 76 valence electrons. The molecule has 3 nitrogen and oxygen atoms in total. The van der Waals surface area contributed by atoms with Gasteiger partial charge < -0.3 is 10.2 Å². The molecule has 1 aromatic carbocycles. The minimum absolute atomic E-state index is 0.0620. The van der Waals surface area contributed by atoms with Gasteiger partial charge in [-0.1, -0.05) is 11.6 Å². The number of phenolic OH excluding ortho intramolecular Hbond substituents is 1. The van der Waals surface area contributed by atoms with Crippen LogP contribution in [0.5, 0.6) is 11.5 Å². The van der Waals surface area contributed by atoms with E-state index in [0.29, 0.717) is 16.1 Å². The van der Waals surface area contributed by atoms with E-state index in [0.717, 1.165) is 0 Å². The molecule has 2 aromatic rings. The number of benzene rings is 1. The second-order valence-electron chi connectivity index (χ2n) is 3.10. The smallest absolute Gasteiger partial charge is 0.134 e. The Balaban J connectivity index is 2.58. The minimum atomic E-state index is 0.0620. The molecule has 0 saturated carbocycles. The molecule has 0 saturated heterocycles. The number of hydrogen-bond donors (Lipinski definition) is 2. The zero-order valence-electron chi connectivity index (χ0n) is 7.68. The Morgan fingerprint density at radius 2 is 1.80 bits per heavy atom.